The van der Waals surface area contributed by atoms with E-state index >= 15 is 0 Å². The van der Waals surface area contributed by atoms with Gasteiger partial charge in [0.25, 0.3) is 18.3 Å². The Morgan fingerprint density at radius 1 is 0.582 bits per heavy atom. The molecule has 67 heavy (non-hydrogen) atoms. The molecule has 0 unspecified atom stereocenters. The predicted octanol–water partition coefficient (Wildman–Crippen LogP) is 8.45. The van der Waals surface area contributed by atoms with E-state index in [1.165, 1.54) is 22.7 Å². The number of benzene rings is 4. The molecule has 2 amide bonds. The Morgan fingerprint density at radius 3 is 1.25 bits per heavy atom. The van der Waals surface area contributed by atoms with E-state index in [0.717, 1.165) is 105 Å². The first-order valence-corrected chi connectivity index (χ1v) is 23.6. The maximum atomic E-state index is 12.6. The van der Waals surface area contributed by atoms with E-state index in [2.05, 4.69) is 48.1 Å². The lowest BCUT2D eigenvalue weighted by molar-refractivity contribution is -0.122. The maximum Gasteiger partial charge on any atom is 0.335 e. The minimum atomic E-state index is -0.947. The Labute approximate surface area is 395 Å². The number of amides is 2. The van der Waals surface area contributed by atoms with Gasteiger partial charge in [0.15, 0.2) is 9.92 Å². The molecule has 0 radical (unpaired) electrons. The molecule has 0 bridgehead atoms. The Balaban J connectivity index is 0.000000209. The molecular weight excluding hydrogens is 893 g/mol. The molecule has 0 atom stereocenters. The van der Waals surface area contributed by atoms with Gasteiger partial charge in [-0.15, -0.1) is 0 Å². The Hall–Kier alpha value is -6.99. The van der Waals surface area contributed by atoms with Gasteiger partial charge in [-0.1, -0.05) is 74.6 Å². The minimum absolute atomic E-state index is 0.0586. The number of carboxylic acid groups (broad SMARTS) is 3. The van der Waals surface area contributed by atoms with Crippen molar-refractivity contribution in [1.29, 1.82) is 0 Å². The second-order valence-corrected chi connectivity index (χ2v) is 17.3. The molecule has 0 saturated carbocycles. The van der Waals surface area contributed by atoms with E-state index in [1.807, 2.05) is 57.6 Å². The highest BCUT2D eigenvalue weighted by Crippen LogP contribution is 2.32. The average molecular weight is 947 g/mol. The quantitative estimate of drug-likeness (QED) is 0.0405. The van der Waals surface area contributed by atoms with Crippen LogP contribution in [-0.4, -0.2) is 126 Å². The second-order valence-electron chi connectivity index (χ2n) is 15.3. The van der Waals surface area contributed by atoms with Gasteiger partial charge in [-0.05, 0) is 113 Å². The standard InChI is InChI=1S/2C24H26N4O3S.CH2O2/c2*1-3-27(4-2)13-5-12-25-22(29)18-10-11-20-21(14-18)32-24-26-19(15-28(20)24)16-6-8-17(9-7-16)23(30)31;2-1-3/h2*6-11,14-15H,3-5,12-13H2,1-2H3,(H,25,29)(H,30,31);1H,(H,2,3). The van der Waals surface area contributed by atoms with Crippen molar-refractivity contribution < 1.29 is 39.3 Å². The Kier molecular flexibility index (Phi) is 17.3. The molecule has 0 saturated heterocycles. The van der Waals surface area contributed by atoms with E-state index in [0.29, 0.717) is 24.2 Å². The lowest BCUT2D eigenvalue weighted by Crippen LogP contribution is -2.29. The highest BCUT2D eigenvalue weighted by Gasteiger charge is 2.16. The summed E-state index contributed by atoms with van der Waals surface area (Å²) in [7, 11) is 0. The van der Waals surface area contributed by atoms with Crippen LogP contribution in [0, 0.1) is 0 Å². The maximum absolute atomic E-state index is 12.6. The molecule has 5 N–H and O–H groups in total. The summed E-state index contributed by atoms with van der Waals surface area (Å²) in [5.41, 5.74) is 7.06. The number of rotatable bonds is 18. The van der Waals surface area contributed by atoms with Crippen LogP contribution in [0.1, 0.15) is 82.0 Å². The molecule has 0 aliphatic carbocycles. The first kappa shape index (κ1) is 49.4. The zero-order valence-electron chi connectivity index (χ0n) is 37.8. The molecule has 4 heterocycles. The SMILES string of the molecule is CCN(CC)CCCNC(=O)c1ccc2c(c1)sc1nc(-c3ccc(C(=O)O)cc3)cn12.CCN(CC)CCCNC(=O)c1ccc2c(c1)sc1nc(-c3ccc(C(=O)O)cc3)cn12.O=CO. The number of nitrogens with one attached hydrogen (secondary N) is 2. The number of thiazole rings is 2. The topological polar surface area (TPSA) is 211 Å². The van der Waals surface area contributed by atoms with E-state index in [9.17, 15) is 19.2 Å². The molecule has 4 aromatic carbocycles. The largest absolute Gasteiger partial charge is 0.483 e. The van der Waals surface area contributed by atoms with Gasteiger partial charge < -0.3 is 35.8 Å². The van der Waals surface area contributed by atoms with E-state index in [1.54, 1.807) is 48.5 Å². The van der Waals surface area contributed by atoms with Gasteiger partial charge in [-0.25, -0.2) is 19.6 Å². The van der Waals surface area contributed by atoms with Crippen LogP contribution in [0.15, 0.2) is 97.3 Å². The third-order valence-corrected chi connectivity index (χ3v) is 13.3. The van der Waals surface area contributed by atoms with Crippen molar-refractivity contribution >= 4 is 83.3 Å². The van der Waals surface area contributed by atoms with Crippen LogP contribution in [0.25, 0.3) is 52.9 Å². The molecule has 0 fully saturated rings. The molecule has 0 aliphatic rings. The molecule has 0 aliphatic heterocycles. The monoisotopic (exact) mass is 946 g/mol. The smallest absolute Gasteiger partial charge is 0.335 e. The fraction of sp³-hybridized carbons (Fsp3) is 0.286. The number of imidazole rings is 2. The summed E-state index contributed by atoms with van der Waals surface area (Å²) in [5, 5.41) is 31.0. The predicted molar refractivity (Wildman–Crippen MR) is 264 cm³/mol. The third-order valence-electron chi connectivity index (χ3n) is 11.2. The number of carboxylic acids is 2. The molecule has 8 rings (SSSR count). The number of hydrogen-bond donors (Lipinski definition) is 5. The summed E-state index contributed by atoms with van der Waals surface area (Å²) in [4.78, 5) is 71.3. The van der Waals surface area contributed by atoms with Gasteiger partial charge in [0.05, 0.1) is 42.9 Å². The van der Waals surface area contributed by atoms with E-state index in [4.69, 9.17) is 30.1 Å². The number of nitrogens with zero attached hydrogens (tertiary/aromatic N) is 6. The Bertz CT molecular complexity index is 2770. The van der Waals surface area contributed by atoms with Crippen LogP contribution in [0.3, 0.4) is 0 Å². The number of carbonyl (C=O) groups excluding carboxylic acids is 2. The number of hydrogen-bond acceptors (Lipinski definition) is 11. The van der Waals surface area contributed by atoms with Gasteiger partial charge >= 0.3 is 11.9 Å². The summed E-state index contributed by atoms with van der Waals surface area (Å²) >= 11 is 3.05. The van der Waals surface area contributed by atoms with Gasteiger partial charge in [-0.2, -0.15) is 0 Å². The summed E-state index contributed by atoms with van der Waals surface area (Å²) in [6.07, 6.45) is 5.74. The van der Waals surface area contributed by atoms with Gasteiger partial charge in [0.2, 0.25) is 0 Å². The van der Waals surface area contributed by atoms with Crippen LogP contribution < -0.4 is 10.6 Å². The number of carbonyl (C=O) groups is 5. The minimum Gasteiger partial charge on any atom is -0.483 e. The highest BCUT2D eigenvalue weighted by atomic mass is 32.1. The summed E-state index contributed by atoms with van der Waals surface area (Å²) in [6, 6.07) is 24.8. The summed E-state index contributed by atoms with van der Waals surface area (Å²) in [6.45, 7) is 15.7. The number of aromatic carboxylic acids is 2. The van der Waals surface area contributed by atoms with Gasteiger partial charge in [-0.3, -0.25) is 23.2 Å². The van der Waals surface area contributed by atoms with Crippen molar-refractivity contribution in [3.05, 3.63) is 120 Å². The zero-order chi connectivity index (χ0) is 48.0. The molecule has 4 aromatic heterocycles. The number of fused-ring (bicyclic) bond motifs is 6. The van der Waals surface area contributed by atoms with Gasteiger partial charge in [0.1, 0.15) is 0 Å². The molecule has 16 nitrogen and oxygen atoms in total. The first-order chi connectivity index (χ1) is 32.4. The van der Waals surface area contributed by atoms with Crippen LogP contribution >= 0.6 is 22.7 Å². The molecule has 18 heteroatoms. The van der Waals surface area contributed by atoms with E-state index in [-0.39, 0.29) is 29.4 Å². The average Bonchev–Trinajstić information content (AvgIpc) is 4.12. The lowest BCUT2D eigenvalue weighted by Gasteiger charge is -2.17. The second kappa shape index (κ2) is 23.5. The van der Waals surface area contributed by atoms with Crippen molar-refractivity contribution in [3.63, 3.8) is 0 Å². The molecule has 8 aromatic rings. The van der Waals surface area contributed by atoms with Crippen LogP contribution in [-0.2, 0) is 4.79 Å². The first-order valence-electron chi connectivity index (χ1n) is 22.0. The van der Waals surface area contributed by atoms with Gasteiger partial charge in [0, 0.05) is 47.7 Å². The molecular formula is C49H54N8O8S2. The van der Waals surface area contributed by atoms with Crippen molar-refractivity contribution in [2.75, 3.05) is 52.4 Å². The van der Waals surface area contributed by atoms with Crippen LogP contribution in [0.2, 0.25) is 0 Å². The Morgan fingerprint density at radius 2 is 0.925 bits per heavy atom. The third kappa shape index (κ3) is 12.3. The highest BCUT2D eigenvalue weighted by molar-refractivity contribution is 7.24. The van der Waals surface area contributed by atoms with Crippen LogP contribution in [0.4, 0.5) is 0 Å². The normalized spacial score (nSPS) is 11.1. The van der Waals surface area contributed by atoms with Crippen molar-refractivity contribution in [3.8, 4) is 22.5 Å². The fourth-order valence-electron chi connectivity index (χ4n) is 7.42. The van der Waals surface area contributed by atoms with Crippen LogP contribution in [0.5, 0.6) is 0 Å². The lowest BCUT2D eigenvalue weighted by atomic mass is 10.1. The van der Waals surface area contributed by atoms with Crippen molar-refractivity contribution in [2.45, 2.75) is 40.5 Å². The molecule has 0 spiro atoms. The van der Waals surface area contributed by atoms with Crippen molar-refractivity contribution in [1.82, 2.24) is 39.2 Å². The fourth-order valence-corrected chi connectivity index (χ4v) is 9.52. The van der Waals surface area contributed by atoms with E-state index < -0.39 is 11.9 Å². The zero-order valence-corrected chi connectivity index (χ0v) is 39.4. The number of aromatic nitrogens is 4. The summed E-state index contributed by atoms with van der Waals surface area (Å²) < 4.78 is 6.01. The summed E-state index contributed by atoms with van der Waals surface area (Å²) in [5.74, 6) is -2.01. The van der Waals surface area contributed by atoms with Crippen molar-refractivity contribution in [2.24, 2.45) is 0 Å². The molecule has 350 valence electrons.